The van der Waals surface area contributed by atoms with E-state index in [0.29, 0.717) is 25.1 Å². The minimum atomic E-state index is 0.0181. The molecule has 0 aliphatic carbocycles. The van der Waals surface area contributed by atoms with Crippen LogP contribution in [0.4, 0.5) is 5.69 Å². The van der Waals surface area contributed by atoms with E-state index >= 15 is 0 Å². The zero-order chi connectivity index (χ0) is 15.2. The summed E-state index contributed by atoms with van der Waals surface area (Å²) in [6.07, 6.45) is 4.36. The molecular formula is C16H27N3O2. The van der Waals surface area contributed by atoms with Gasteiger partial charge in [0.15, 0.2) is 0 Å². The minimum absolute atomic E-state index is 0.0181. The smallest absolute Gasteiger partial charge is 0.250 e. The third kappa shape index (κ3) is 4.58. The molecule has 0 bridgehead atoms. The first-order valence-electron chi connectivity index (χ1n) is 7.74. The highest BCUT2D eigenvalue weighted by molar-refractivity contribution is 5.41. The van der Waals surface area contributed by atoms with E-state index in [4.69, 9.17) is 4.74 Å². The standard InChI is InChI=1S/C16H27N3O2/c1-13(14-6-8-18(2)9-7-14)17-15-4-5-16(20)19(12-15)10-11-21-3/h4-5,12-14,17H,6-11H2,1-3H3. The zero-order valence-corrected chi connectivity index (χ0v) is 13.3. The van der Waals surface area contributed by atoms with Gasteiger partial charge in [0, 0.05) is 32.0 Å². The predicted molar refractivity (Wildman–Crippen MR) is 85.9 cm³/mol. The number of pyridine rings is 1. The Morgan fingerprint density at radius 3 is 2.76 bits per heavy atom. The number of rotatable bonds is 6. The number of nitrogens with one attached hydrogen (secondary N) is 1. The van der Waals surface area contributed by atoms with Crippen molar-refractivity contribution in [1.29, 1.82) is 0 Å². The average Bonchev–Trinajstić information content (AvgIpc) is 2.48. The maximum absolute atomic E-state index is 11.8. The number of hydrogen-bond acceptors (Lipinski definition) is 4. The van der Waals surface area contributed by atoms with Crippen molar-refractivity contribution in [3.05, 3.63) is 28.7 Å². The molecule has 2 rings (SSSR count). The second kappa shape index (κ2) is 7.61. The first kappa shape index (κ1) is 16.0. The average molecular weight is 293 g/mol. The summed E-state index contributed by atoms with van der Waals surface area (Å²) in [4.78, 5) is 14.2. The van der Waals surface area contributed by atoms with Gasteiger partial charge in [0.1, 0.15) is 0 Å². The van der Waals surface area contributed by atoms with Gasteiger partial charge in [-0.25, -0.2) is 0 Å². The second-order valence-electron chi connectivity index (χ2n) is 6.02. The van der Waals surface area contributed by atoms with Gasteiger partial charge in [-0.15, -0.1) is 0 Å². The highest BCUT2D eigenvalue weighted by Crippen LogP contribution is 2.22. The molecule has 0 radical (unpaired) electrons. The molecule has 1 saturated heterocycles. The van der Waals surface area contributed by atoms with Crippen LogP contribution in [0.3, 0.4) is 0 Å². The molecule has 1 atom stereocenters. The van der Waals surface area contributed by atoms with Crippen LogP contribution in [-0.2, 0) is 11.3 Å². The Bertz CT molecular complexity index is 493. The van der Waals surface area contributed by atoms with E-state index in [9.17, 15) is 4.79 Å². The number of ether oxygens (including phenoxy) is 1. The van der Waals surface area contributed by atoms with Crippen molar-refractivity contribution in [2.75, 3.05) is 39.2 Å². The van der Waals surface area contributed by atoms with Crippen molar-refractivity contribution in [2.24, 2.45) is 5.92 Å². The minimum Gasteiger partial charge on any atom is -0.383 e. The van der Waals surface area contributed by atoms with Crippen molar-refractivity contribution in [3.63, 3.8) is 0 Å². The first-order chi connectivity index (χ1) is 10.1. The summed E-state index contributed by atoms with van der Waals surface area (Å²) in [5.74, 6) is 0.695. The Morgan fingerprint density at radius 1 is 1.38 bits per heavy atom. The monoisotopic (exact) mass is 293 g/mol. The van der Waals surface area contributed by atoms with Gasteiger partial charge in [-0.1, -0.05) is 0 Å². The Labute approximate surface area is 126 Å². The van der Waals surface area contributed by atoms with Crippen molar-refractivity contribution < 1.29 is 4.74 Å². The van der Waals surface area contributed by atoms with E-state index in [1.807, 2.05) is 12.3 Å². The van der Waals surface area contributed by atoms with Crippen LogP contribution in [0.1, 0.15) is 19.8 Å². The molecule has 0 spiro atoms. The maximum Gasteiger partial charge on any atom is 0.250 e. The number of hydrogen-bond donors (Lipinski definition) is 1. The van der Waals surface area contributed by atoms with Crippen molar-refractivity contribution in [1.82, 2.24) is 9.47 Å². The van der Waals surface area contributed by atoms with Crippen LogP contribution >= 0.6 is 0 Å². The summed E-state index contributed by atoms with van der Waals surface area (Å²) in [6.45, 7) is 5.72. The molecule has 0 aromatic carbocycles. The summed E-state index contributed by atoms with van der Waals surface area (Å²) >= 11 is 0. The third-order valence-electron chi connectivity index (χ3n) is 4.38. The third-order valence-corrected chi connectivity index (χ3v) is 4.38. The van der Waals surface area contributed by atoms with Crippen LogP contribution < -0.4 is 10.9 Å². The van der Waals surface area contributed by atoms with E-state index in [1.54, 1.807) is 17.7 Å². The number of aromatic nitrogens is 1. The quantitative estimate of drug-likeness (QED) is 0.866. The van der Waals surface area contributed by atoms with E-state index in [0.717, 1.165) is 5.69 Å². The van der Waals surface area contributed by atoms with E-state index in [2.05, 4.69) is 24.2 Å². The molecule has 2 heterocycles. The van der Waals surface area contributed by atoms with Crippen LogP contribution in [0, 0.1) is 5.92 Å². The second-order valence-corrected chi connectivity index (χ2v) is 6.02. The zero-order valence-electron chi connectivity index (χ0n) is 13.3. The number of anilines is 1. The topological polar surface area (TPSA) is 46.5 Å². The molecule has 21 heavy (non-hydrogen) atoms. The van der Waals surface area contributed by atoms with E-state index in [-0.39, 0.29) is 5.56 Å². The first-order valence-corrected chi connectivity index (χ1v) is 7.74. The highest BCUT2D eigenvalue weighted by Gasteiger charge is 2.22. The highest BCUT2D eigenvalue weighted by atomic mass is 16.5. The molecule has 1 N–H and O–H groups in total. The lowest BCUT2D eigenvalue weighted by molar-refractivity contribution is 0.186. The van der Waals surface area contributed by atoms with E-state index < -0.39 is 0 Å². The number of likely N-dealkylation sites (tertiary alicyclic amines) is 1. The fourth-order valence-corrected chi connectivity index (χ4v) is 2.89. The van der Waals surface area contributed by atoms with Crippen molar-refractivity contribution in [3.8, 4) is 0 Å². The lowest BCUT2D eigenvalue weighted by Crippen LogP contribution is -2.37. The molecule has 118 valence electrons. The Hall–Kier alpha value is -1.33. The largest absolute Gasteiger partial charge is 0.383 e. The normalized spacial score (nSPS) is 18.6. The number of nitrogens with zero attached hydrogens (tertiary/aromatic N) is 2. The molecule has 1 aliphatic heterocycles. The van der Waals surface area contributed by atoms with Crippen LogP contribution in [0.15, 0.2) is 23.1 Å². The van der Waals surface area contributed by atoms with Gasteiger partial charge in [0.05, 0.1) is 12.3 Å². The van der Waals surface area contributed by atoms with Crippen LogP contribution in [0.2, 0.25) is 0 Å². The molecule has 5 nitrogen and oxygen atoms in total. The number of piperidine rings is 1. The molecule has 1 unspecified atom stereocenters. The summed E-state index contributed by atoms with van der Waals surface area (Å²) < 4.78 is 6.74. The summed E-state index contributed by atoms with van der Waals surface area (Å²) in [5, 5.41) is 3.55. The Morgan fingerprint density at radius 2 is 2.10 bits per heavy atom. The van der Waals surface area contributed by atoms with Gasteiger partial charge in [0.2, 0.25) is 0 Å². The maximum atomic E-state index is 11.8. The van der Waals surface area contributed by atoms with Crippen molar-refractivity contribution >= 4 is 5.69 Å². The number of methoxy groups -OCH3 is 1. The Kier molecular flexibility index (Phi) is 5.82. The van der Waals surface area contributed by atoms with Gasteiger partial charge in [0.25, 0.3) is 5.56 Å². The van der Waals surface area contributed by atoms with Gasteiger partial charge in [-0.2, -0.15) is 0 Å². The summed E-state index contributed by atoms with van der Waals surface area (Å²) in [7, 11) is 3.83. The lowest BCUT2D eigenvalue weighted by atomic mass is 9.90. The lowest BCUT2D eigenvalue weighted by Gasteiger charge is -2.33. The fraction of sp³-hybridized carbons (Fsp3) is 0.688. The molecule has 0 amide bonds. The van der Waals surface area contributed by atoms with E-state index in [1.165, 1.54) is 25.9 Å². The van der Waals surface area contributed by atoms with Crippen LogP contribution in [0.25, 0.3) is 0 Å². The van der Waals surface area contributed by atoms with Gasteiger partial charge < -0.3 is 19.5 Å². The SMILES string of the molecule is COCCn1cc(NC(C)C2CCN(C)CC2)ccc1=O. The van der Waals surface area contributed by atoms with Crippen LogP contribution in [0.5, 0.6) is 0 Å². The fourth-order valence-electron chi connectivity index (χ4n) is 2.89. The molecular weight excluding hydrogens is 266 g/mol. The molecule has 1 aromatic rings. The molecule has 0 saturated carbocycles. The van der Waals surface area contributed by atoms with Gasteiger partial charge in [-0.05, 0) is 51.9 Å². The summed E-state index contributed by atoms with van der Waals surface area (Å²) in [5.41, 5.74) is 1.03. The molecule has 1 aliphatic rings. The van der Waals surface area contributed by atoms with Gasteiger partial charge >= 0.3 is 0 Å². The van der Waals surface area contributed by atoms with Gasteiger partial charge in [-0.3, -0.25) is 4.79 Å². The summed E-state index contributed by atoms with van der Waals surface area (Å²) in [6, 6.07) is 3.92. The Balaban J connectivity index is 1.97. The molecule has 1 aromatic heterocycles. The predicted octanol–water partition coefficient (Wildman–Crippen LogP) is 1.64. The van der Waals surface area contributed by atoms with Crippen molar-refractivity contribution in [2.45, 2.75) is 32.4 Å². The molecule has 5 heteroatoms. The van der Waals surface area contributed by atoms with Crippen LogP contribution in [-0.4, -0.2) is 49.4 Å². The molecule has 1 fully saturated rings.